The minimum absolute atomic E-state index is 0.201. The van der Waals surface area contributed by atoms with E-state index in [1.165, 1.54) is 35.6 Å². The lowest BCUT2D eigenvalue weighted by molar-refractivity contribution is -0.124. The van der Waals surface area contributed by atoms with Crippen molar-refractivity contribution >= 4 is 29.5 Å². The highest BCUT2D eigenvalue weighted by Crippen LogP contribution is 2.26. The van der Waals surface area contributed by atoms with Gasteiger partial charge in [-0.15, -0.1) is 11.3 Å². The Morgan fingerprint density at radius 2 is 2.13 bits per heavy atom. The zero-order chi connectivity index (χ0) is 21.8. The number of thiophene rings is 1. The molecule has 31 heavy (non-hydrogen) atoms. The first-order valence-electron chi connectivity index (χ1n) is 9.38. The first-order valence-corrected chi connectivity index (χ1v) is 10.7. The molecule has 1 unspecified atom stereocenters. The molecule has 0 saturated heterocycles. The second-order valence-electron chi connectivity index (χ2n) is 6.65. The van der Waals surface area contributed by atoms with Gasteiger partial charge in [-0.1, -0.05) is 6.07 Å². The number of ether oxygens (including phenoxy) is 1. The summed E-state index contributed by atoms with van der Waals surface area (Å²) in [6, 6.07) is 12.5. The van der Waals surface area contributed by atoms with E-state index in [1.807, 2.05) is 17.5 Å². The maximum atomic E-state index is 13.0. The van der Waals surface area contributed by atoms with Crippen molar-refractivity contribution in [3.05, 3.63) is 76.3 Å². The van der Waals surface area contributed by atoms with Crippen LogP contribution in [0.25, 0.3) is 10.7 Å². The second kappa shape index (κ2) is 9.19. The fourth-order valence-corrected chi connectivity index (χ4v) is 3.94. The summed E-state index contributed by atoms with van der Waals surface area (Å²) in [5.74, 6) is 0.906. The molecular weight excluding hydrogens is 437 g/mol. The van der Waals surface area contributed by atoms with Crippen molar-refractivity contribution < 1.29 is 13.9 Å². The number of carbonyl (C=O) groups is 1. The number of carbonyl (C=O) groups excluding carboxylic acids is 1. The van der Waals surface area contributed by atoms with E-state index in [0.717, 1.165) is 10.4 Å². The molecule has 0 aliphatic carbocycles. The molecule has 3 heterocycles. The Bertz CT molecular complexity index is 1240. The summed E-state index contributed by atoms with van der Waals surface area (Å²) >= 11 is 6.85. The molecule has 0 saturated carbocycles. The highest BCUT2D eigenvalue weighted by molar-refractivity contribution is 7.71. The Labute approximate surface area is 186 Å². The van der Waals surface area contributed by atoms with Crippen molar-refractivity contribution in [2.75, 3.05) is 0 Å². The van der Waals surface area contributed by atoms with Gasteiger partial charge in [-0.25, -0.2) is 9.37 Å². The second-order valence-corrected chi connectivity index (χ2v) is 7.99. The summed E-state index contributed by atoms with van der Waals surface area (Å²) in [6.45, 7) is 2.05. The van der Waals surface area contributed by atoms with Gasteiger partial charge in [0.15, 0.2) is 10.6 Å². The van der Waals surface area contributed by atoms with Crippen LogP contribution in [0.1, 0.15) is 18.5 Å². The summed E-state index contributed by atoms with van der Waals surface area (Å²) in [5.41, 5.74) is 0.807. The first-order chi connectivity index (χ1) is 15.0. The van der Waals surface area contributed by atoms with Gasteiger partial charge in [0, 0.05) is 18.8 Å². The smallest absolute Gasteiger partial charge is 0.243 e. The van der Waals surface area contributed by atoms with Gasteiger partial charge in [0.25, 0.3) is 0 Å². The van der Waals surface area contributed by atoms with E-state index in [4.69, 9.17) is 17.0 Å². The number of halogens is 1. The standard InChI is InChI=1S/C21H18FN5O2S2/c1-13(27-19(25-26-21(27)30)17-3-2-10-31-17)20(28)24-12-14-8-9-23-18(11-14)29-16-6-4-15(22)5-7-16/h2-11,13H,12H2,1H3,(H,24,28)(H,26,30). The minimum Gasteiger partial charge on any atom is -0.439 e. The van der Waals surface area contributed by atoms with Crippen LogP contribution in [0.3, 0.4) is 0 Å². The van der Waals surface area contributed by atoms with Crippen molar-refractivity contribution in [3.63, 3.8) is 0 Å². The molecule has 4 rings (SSSR count). The molecule has 0 fully saturated rings. The number of aromatic amines is 1. The third-order valence-electron chi connectivity index (χ3n) is 4.51. The summed E-state index contributed by atoms with van der Waals surface area (Å²) in [7, 11) is 0. The number of pyridine rings is 1. The molecule has 7 nitrogen and oxygen atoms in total. The predicted molar refractivity (Wildman–Crippen MR) is 118 cm³/mol. The van der Waals surface area contributed by atoms with E-state index >= 15 is 0 Å². The average molecular weight is 456 g/mol. The number of H-pyrrole nitrogens is 1. The third-order valence-corrected chi connectivity index (χ3v) is 5.67. The molecule has 1 aromatic carbocycles. The Kier molecular flexibility index (Phi) is 6.19. The molecule has 10 heteroatoms. The number of benzene rings is 1. The lowest BCUT2D eigenvalue weighted by atomic mass is 10.2. The fourth-order valence-electron chi connectivity index (χ4n) is 2.94. The van der Waals surface area contributed by atoms with Crippen LogP contribution in [-0.4, -0.2) is 25.7 Å². The van der Waals surface area contributed by atoms with Crippen LogP contribution in [0, 0.1) is 10.6 Å². The first kappa shape index (κ1) is 20.9. The van der Waals surface area contributed by atoms with E-state index in [2.05, 4.69) is 20.5 Å². The van der Waals surface area contributed by atoms with E-state index in [9.17, 15) is 9.18 Å². The molecule has 0 bridgehead atoms. The molecule has 0 spiro atoms. The van der Waals surface area contributed by atoms with Gasteiger partial charge in [0.05, 0.1) is 4.88 Å². The summed E-state index contributed by atoms with van der Waals surface area (Å²) < 4.78 is 20.8. The van der Waals surface area contributed by atoms with Gasteiger partial charge in [-0.05, 0) is 66.5 Å². The summed E-state index contributed by atoms with van der Waals surface area (Å²) in [5, 5.41) is 11.9. The zero-order valence-corrected chi connectivity index (χ0v) is 18.0. The van der Waals surface area contributed by atoms with Crippen molar-refractivity contribution in [2.45, 2.75) is 19.5 Å². The molecule has 1 atom stereocenters. The number of rotatable bonds is 7. The predicted octanol–water partition coefficient (Wildman–Crippen LogP) is 4.87. The van der Waals surface area contributed by atoms with Crippen molar-refractivity contribution in [2.24, 2.45) is 0 Å². The maximum absolute atomic E-state index is 13.0. The number of aromatic nitrogens is 4. The zero-order valence-electron chi connectivity index (χ0n) is 16.4. The van der Waals surface area contributed by atoms with Gasteiger partial charge < -0.3 is 10.1 Å². The molecule has 1 amide bonds. The highest BCUT2D eigenvalue weighted by Gasteiger charge is 2.21. The molecule has 3 aromatic heterocycles. The third kappa shape index (κ3) is 4.86. The maximum Gasteiger partial charge on any atom is 0.243 e. The highest BCUT2D eigenvalue weighted by atomic mass is 32.1. The number of nitrogens with one attached hydrogen (secondary N) is 2. The van der Waals surface area contributed by atoms with Crippen LogP contribution >= 0.6 is 23.6 Å². The van der Waals surface area contributed by atoms with E-state index in [1.54, 1.807) is 29.8 Å². The van der Waals surface area contributed by atoms with E-state index < -0.39 is 6.04 Å². The van der Waals surface area contributed by atoms with Crippen LogP contribution in [0.2, 0.25) is 0 Å². The van der Waals surface area contributed by atoms with Crippen molar-refractivity contribution in [1.29, 1.82) is 0 Å². The Hall–Kier alpha value is -3.37. The Morgan fingerprint density at radius 3 is 2.87 bits per heavy atom. The summed E-state index contributed by atoms with van der Waals surface area (Å²) in [6.07, 6.45) is 1.59. The lowest BCUT2D eigenvalue weighted by Gasteiger charge is -2.15. The topological polar surface area (TPSA) is 84.8 Å². The molecule has 0 aliphatic rings. The number of nitrogens with zero attached hydrogens (tertiary/aromatic N) is 3. The van der Waals surface area contributed by atoms with E-state index in [-0.39, 0.29) is 18.3 Å². The van der Waals surface area contributed by atoms with Gasteiger partial charge in [0.2, 0.25) is 11.8 Å². The van der Waals surface area contributed by atoms with E-state index in [0.29, 0.717) is 22.2 Å². The SMILES string of the molecule is CC(C(=O)NCc1ccnc(Oc2ccc(F)cc2)c1)n1c(-c2cccs2)n[nH]c1=S. The number of hydrogen-bond donors (Lipinski definition) is 2. The largest absolute Gasteiger partial charge is 0.439 e. The lowest BCUT2D eigenvalue weighted by Crippen LogP contribution is -2.31. The molecule has 2 N–H and O–H groups in total. The van der Waals surface area contributed by atoms with Gasteiger partial charge in [0.1, 0.15) is 17.6 Å². The van der Waals surface area contributed by atoms with Crippen LogP contribution in [-0.2, 0) is 11.3 Å². The van der Waals surface area contributed by atoms with Crippen LogP contribution in [0.4, 0.5) is 4.39 Å². The van der Waals surface area contributed by atoms with Crippen LogP contribution in [0.15, 0.2) is 60.1 Å². The quantitative estimate of drug-likeness (QED) is 0.388. The number of hydrogen-bond acceptors (Lipinski definition) is 6. The molecule has 0 radical (unpaired) electrons. The van der Waals surface area contributed by atoms with Gasteiger partial charge in [-0.2, -0.15) is 5.10 Å². The average Bonchev–Trinajstić information content (AvgIpc) is 3.43. The molecule has 4 aromatic rings. The molecular formula is C21H18FN5O2S2. The van der Waals surface area contributed by atoms with Crippen LogP contribution < -0.4 is 10.1 Å². The minimum atomic E-state index is -0.555. The molecule has 0 aliphatic heterocycles. The fraction of sp³-hybridized carbons (Fsp3) is 0.143. The number of amides is 1. The monoisotopic (exact) mass is 455 g/mol. The van der Waals surface area contributed by atoms with Gasteiger partial charge in [-0.3, -0.25) is 14.5 Å². The Balaban J connectivity index is 1.43. The van der Waals surface area contributed by atoms with Crippen molar-refractivity contribution in [3.8, 4) is 22.3 Å². The van der Waals surface area contributed by atoms with Crippen LogP contribution in [0.5, 0.6) is 11.6 Å². The van der Waals surface area contributed by atoms with Gasteiger partial charge >= 0.3 is 0 Å². The molecule has 158 valence electrons. The van der Waals surface area contributed by atoms with Crippen molar-refractivity contribution in [1.82, 2.24) is 25.1 Å². The Morgan fingerprint density at radius 1 is 1.32 bits per heavy atom. The normalized spacial score (nSPS) is 11.8. The summed E-state index contributed by atoms with van der Waals surface area (Å²) in [4.78, 5) is 17.9.